The molecule has 0 spiro atoms. The van der Waals surface area contributed by atoms with Gasteiger partial charge in [-0.05, 0) is 49.6 Å². The molecule has 2 aromatic carbocycles. The van der Waals surface area contributed by atoms with Crippen molar-refractivity contribution in [1.82, 2.24) is 4.90 Å². The summed E-state index contributed by atoms with van der Waals surface area (Å²) in [7, 11) is 0. The van der Waals surface area contributed by atoms with Crippen molar-refractivity contribution < 1.29 is 23.9 Å². The summed E-state index contributed by atoms with van der Waals surface area (Å²) in [6.07, 6.45) is -1.07. The molecule has 0 aliphatic carbocycles. The van der Waals surface area contributed by atoms with E-state index in [1.165, 1.54) is 6.92 Å². The number of benzene rings is 2. The highest BCUT2D eigenvalue weighted by Crippen LogP contribution is 2.20. The molecule has 1 aliphatic heterocycles. The quantitative estimate of drug-likeness (QED) is 0.586. The van der Waals surface area contributed by atoms with E-state index in [-0.39, 0.29) is 25.3 Å². The normalized spacial score (nSPS) is 14.2. The van der Waals surface area contributed by atoms with Crippen molar-refractivity contribution in [2.75, 3.05) is 11.9 Å². The van der Waals surface area contributed by atoms with E-state index in [1.54, 1.807) is 24.3 Å². The summed E-state index contributed by atoms with van der Waals surface area (Å²) in [6, 6.07) is 12.6. The zero-order valence-electron chi connectivity index (χ0n) is 17.2. The van der Waals surface area contributed by atoms with Gasteiger partial charge in [0.1, 0.15) is 0 Å². The van der Waals surface area contributed by atoms with Gasteiger partial charge in [-0.3, -0.25) is 24.1 Å². The Morgan fingerprint density at radius 3 is 2.63 bits per heavy atom. The summed E-state index contributed by atoms with van der Waals surface area (Å²) in [5.41, 5.74) is 3.70. The van der Waals surface area contributed by atoms with Gasteiger partial charge in [-0.15, -0.1) is 0 Å². The summed E-state index contributed by atoms with van der Waals surface area (Å²) in [5, 5.41) is 2.75. The molecule has 3 rings (SSSR count). The van der Waals surface area contributed by atoms with Crippen LogP contribution in [0.5, 0.6) is 0 Å². The topological polar surface area (TPSA) is 92.8 Å². The van der Waals surface area contributed by atoms with Crippen LogP contribution in [0.15, 0.2) is 42.5 Å². The Hall–Kier alpha value is -3.48. The Bertz CT molecular complexity index is 1010. The largest absolute Gasteiger partial charge is 0.452 e. The molecular formula is C23H24N2O5. The molecule has 7 nitrogen and oxygen atoms in total. The molecule has 1 N–H and O–H groups in total. The van der Waals surface area contributed by atoms with Crippen molar-refractivity contribution in [2.45, 2.75) is 39.7 Å². The van der Waals surface area contributed by atoms with E-state index in [0.717, 1.165) is 16.0 Å². The SMILES string of the molecule is Cc1ccc(C)c(NC(=O)[C@H](C)OC(=O)CCN2C(=O)Cc3ccccc3C2=O)c1. The number of imide groups is 1. The van der Waals surface area contributed by atoms with E-state index in [9.17, 15) is 19.2 Å². The zero-order valence-corrected chi connectivity index (χ0v) is 17.2. The van der Waals surface area contributed by atoms with Gasteiger partial charge in [-0.2, -0.15) is 0 Å². The molecular weight excluding hydrogens is 384 g/mol. The van der Waals surface area contributed by atoms with Gasteiger partial charge in [0.15, 0.2) is 6.10 Å². The van der Waals surface area contributed by atoms with E-state index in [0.29, 0.717) is 16.8 Å². The molecule has 0 bridgehead atoms. The Balaban J connectivity index is 1.54. The number of carbonyl (C=O) groups is 4. The first-order valence-corrected chi connectivity index (χ1v) is 9.76. The van der Waals surface area contributed by atoms with Crippen LogP contribution in [0.4, 0.5) is 5.69 Å². The number of amides is 3. The maximum atomic E-state index is 12.5. The number of fused-ring (bicyclic) bond motifs is 1. The van der Waals surface area contributed by atoms with Crippen molar-refractivity contribution in [3.05, 3.63) is 64.7 Å². The van der Waals surface area contributed by atoms with Gasteiger partial charge in [0.05, 0.1) is 12.8 Å². The van der Waals surface area contributed by atoms with Crippen LogP contribution >= 0.6 is 0 Å². The third kappa shape index (κ3) is 4.74. The highest BCUT2D eigenvalue weighted by Gasteiger charge is 2.31. The van der Waals surface area contributed by atoms with Crippen molar-refractivity contribution in [3.63, 3.8) is 0 Å². The van der Waals surface area contributed by atoms with Crippen LogP contribution in [0.2, 0.25) is 0 Å². The molecule has 0 radical (unpaired) electrons. The van der Waals surface area contributed by atoms with Gasteiger partial charge in [-0.1, -0.05) is 30.3 Å². The van der Waals surface area contributed by atoms with Crippen molar-refractivity contribution in [1.29, 1.82) is 0 Å². The fourth-order valence-corrected chi connectivity index (χ4v) is 3.24. The standard InChI is InChI=1S/C23H24N2O5/c1-14-8-9-15(2)19(12-14)24-22(28)16(3)30-21(27)10-11-25-20(26)13-17-6-4-5-7-18(17)23(25)29/h4-9,12,16H,10-11,13H2,1-3H3,(H,24,28)/t16-/m0/s1. The maximum Gasteiger partial charge on any atom is 0.308 e. The third-order valence-corrected chi connectivity index (χ3v) is 5.00. The average Bonchev–Trinajstić information content (AvgIpc) is 2.70. The zero-order chi connectivity index (χ0) is 21.8. The fourth-order valence-electron chi connectivity index (χ4n) is 3.24. The van der Waals surface area contributed by atoms with Gasteiger partial charge in [0.25, 0.3) is 11.8 Å². The summed E-state index contributed by atoms with van der Waals surface area (Å²) in [6.45, 7) is 5.18. The average molecular weight is 408 g/mol. The van der Waals surface area contributed by atoms with Gasteiger partial charge in [0.2, 0.25) is 5.91 Å². The Morgan fingerprint density at radius 1 is 1.13 bits per heavy atom. The van der Waals surface area contributed by atoms with Crippen LogP contribution in [0.1, 0.15) is 40.4 Å². The maximum absolute atomic E-state index is 12.5. The monoisotopic (exact) mass is 408 g/mol. The molecule has 0 saturated heterocycles. The predicted molar refractivity (Wildman–Crippen MR) is 111 cm³/mol. The number of ether oxygens (including phenoxy) is 1. The molecule has 0 unspecified atom stereocenters. The van der Waals surface area contributed by atoms with E-state index in [2.05, 4.69) is 5.32 Å². The molecule has 2 aromatic rings. The van der Waals surface area contributed by atoms with Crippen LogP contribution in [0, 0.1) is 13.8 Å². The third-order valence-electron chi connectivity index (χ3n) is 5.00. The number of aryl methyl sites for hydroxylation is 2. The first-order chi connectivity index (χ1) is 14.3. The lowest BCUT2D eigenvalue weighted by molar-refractivity contribution is -0.153. The Kier molecular flexibility index (Phi) is 6.30. The van der Waals surface area contributed by atoms with Crippen LogP contribution in [0.25, 0.3) is 0 Å². The molecule has 156 valence electrons. The van der Waals surface area contributed by atoms with Crippen molar-refractivity contribution in [2.24, 2.45) is 0 Å². The fraction of sp³-hybridized carbons (Fsp3) is 0.304. The first kappa shape index (κ1) is 21.2. The number of nitrogens with one attached hydrogen (secondary N) is 1. The lowest BCUT2D eigenvalue weighted by atomic mass is 9.98. The number of nitrogens with zero attached hydrogens (tertiary/aromatic N) is 1. The minimum atomic E-state index is -1.01. The molecule has 1 aliphatic rings. The summed E-state index contributed by atoms with van der Waals surface area (Å²) >= 11 is 0. The molecule has 1 atom stereocenters. The highest BCUT2D eigenvalue weighted by molar-refractivity contribution is 6.09. The lowest BCUT2D eigenvalue weighted by Gasteiger charge is -2.26. The van der Waals surface area contributed by atoms with E-state index < -0.39 is 23.9 Å². The van der Waals surface area contributed by atoms with Crippen LogP contribution in [0.3, 0.4) is 0 Å². The summed E-state index contributed by atoms with van der Waals surface area (Å²) < 4.78 is 5.19. The molecule has 7 heteroatoms. The van der Waals surface area contributed by atoms with Crippen LogP contribution in [-0.2, 0) is 25.5 Å². The van der Waals surface area contributed by atoms with Crippen molar-refractivity contribution >= 4 is 29.4 Å². The number of rotatable bonds is 6. The minimum absolute atomic E-state index is 0.0871. The van der Waals surface area contributed by atoms with E-state index in [1.807, 2.05) is 32.0 Å². The smallest absolute Gasteiger partial charge is 0.308 e. The number of hydrogen-bond donors (Lipinski definition) is 1. The summed E-state index contributed by atoms with van der Waals surface area (Å²) in [5.74, 6) is -1.88. The second-order valence-corrected chi connectivity index (χ2v) is 7.37. The second-order valence-electron chi connectivity index (χ2n) is 7.37. The molecule has 0 aromatic heterocycles. The Labute approximate surface area is 175 Å². The number of carbonyl (C=O) groups excluding carboxylic acids is 4. The number of esters is 1. The molecule has 30 heavy (non-hydrogen) atoms. The van der Waals surface area contributed by atoms with Gasteiger partial charge in [0, 0.05) is 17.8 Å². The molecule has 0 fully saturated rings. The molecule has 0 saturated carbocycles. The predicted octanol–water partition coefficient (Wildman–Crippen LogP) is 2.79. The number of anilines is 1. The van der Waals surface area contributed by atoms with Crippen LogP contribution < -0.4 is 5.32 Å². The van der Waals surface area contributed by atoms with Crippen LogP contribution in [-0.4, -0.2) is 41.2 Å². The molecule has 3 amide bonds. The summed E-state index contributed by atoms with van der Waals surface area (Å²) in [4.78, 5) is 50.4. The first-order valence-electron chi connectivity index (χ1n) is 9.76. The van der Waals surface area contributed by atoms with Gasteiger partial charge >= 0.3 is 5.97 Å². The van der Waals surface area contributed by atoms with Crippen molar-refractivity contribution in [3.8, 4) is 0 Å². The Morgan fingerprint density at radius 2 is 1.87 bits per heavy atom. The van der Waals surface area contributed by atoms with E-state index >= 15 is 0 Å². The number of hydrogen-bond acceptors (Lipinski definition) is 5. The lowest BCUT2D eigenvalue weighted by Crippen LogP contribution is -2.43. The van der Waals surface area contributed by atoms with Gasteiger partial charge < -0.3 is 10.1 Å². The highest BCUT2D eigenvalue weighted by atomic mass is 16.5. The van der Waals surface area contributed by atoms with E-state index in [4.69, 9.17) is 4.74 Å². The second kappa shape index (κ2) is 8.90. The van der Waals surface area contributed by atoms with Gasteiger partial charge in [-0.25, -0.2) is 0 Å². The molecule has 1 heterocycles. The minimum Gasteiger partial charge on any atom is -0.452 e.